The summed E-state index contributed by atoms with van der Waals surface area (Å²) in [4.78, 5) is 0.0739. The summed E-state index contributed by atoms with van der Waals surface area (Å²) in [5.74, 6) is 0. The van der Waals surface area contributed by atoms with Gasteiger partial charge in [-0.05, 0) is 36.5 Å². The Kier molecular flexibility index (Phi) is 6.00. The molecule has 0 atom stereocenters. The highest BCUT2D eigenvalue weighted by molar-refractivity contribution is 9.10. The summed E-state index contributed by atoms with van der Waals surface area (Å²) in [7, 11) is -3.64. The first kappa shape index (κ1) is 17.4. The Morgan fingerprint density at radius 2 is 2.05 bits per heavy atom. The Balaban J connectivity index is 2.83. The average molecular weight is 365 g/mol. The molecule has 5 nitrogen and oxygen atoms in total. The molecule has 0 radical (unpaired) electrons. The van der Waals surface area contributed by atoms with E-state index in [-0.39, 0.29) is 22.6 Å². The minimum Gasteiger partial charge on any atom is -0.398 e. The number of sulfonamides is 1. The van der Waals surface area contributed by atoms with Crippen LogP contribution in [0.25, 0.3) is 0 Å². The third-order valence-corrected chi connectivity index (χ3v) is 4.97. The van der Waals surface area contributed by atoms with Gasteiger partial charge in [0.15, 0.2) is 0 Å². The van der Waals surface area contributed by atoms with Crippen molar-refractivity contribution in [1.82, 2.24) is 4.72 Å². The molecule has 0 bridgehead atoms. The highest BCUT2D eigenvalue weighted by Crippen LogP contribution is 2.25. The van der Waals surface area contributed by atoms with E-state index >= 15 is 0 Å². The molecule has 0 spiro atoms. The van der Waals surface area contributed by atoms with E-state index in [0.717, 1.165) is 6.42 Å². The van der Waals surface area contributed by atoms with Gasteiger partial charge in [0.1, 0.15) is 4.90 Å². The monoisotopic (exact) mass is 364 g/mol. The predicted molar refractivity (Wildman–Crippen MR) is 83.8 cm³/mol. The second-order valence-corrected chi connectivity index (χ2v) is 8.15. The normalized spacial score (nSPS) is 12.6. The molecule has 1 aromatic carbocycles. The van der Waals surface area contributed by atoms with E-state index in [1.54, 1.807) is 12.1 Å². The maximum atomic E-state index is 12.3. The van der Waals surface area contributed by atoms with E-state index in [2.05, 4.69) is 20.7 Å². The second-order valence-electron chi connectivity index (χ2n) is 5.50. The van der Waals surface area contributed by atoms with Gasteiger partial charge in [0.2, 0.25) is 10.0 Å². The lowest BCUT2D eigenvalue weighted by Crippen LogP contribution is -2.34. The van der Waals surface area contributed by atoms with Crippen molar-refractivity contribution < 1.29 is 13.5 Å². The SMILES string of the molecule is CC(C)(CCCO)CNS(=O)(=O)c1cc(Br)ccc1N. The minimum absolute atomic E-state index is 0.0739. The van der Waals surface area contributed by atoms with Crippen molar-refractivity contribution in [2.75, 3.05) is 18.9 Å². The van der Waals surface area contributed by atoms with Crippen molar-refractivity contribution in [1.29, 1.82) is 0 Å². The van der Waals surface area contributed by atoms with Crippen molar-refractivity contribution >= 4 is 31.6 Å². The van der Waals surface area contributed by atoms with Gasteiger partial charge < -0.3 is 10.8 Å². The number of nitrogens with one attached hydrogen (secondary N) is 1. The van der Waals surface area contributed by atoms with E-state index in [0.29, 0.717) is 17.4 Å². The number of halogens is 1. The standard InChI is InChI=1S/C13H21BrN2O3S/c1-13(2,6-3-7-17)9-16-20(18,19)12-8-10(14)4-5-11(12)15/h4-5,8,16-17H,3,6-7,9,15H2,1-2H3. The smallest absolute Gasteiger partial charge is 0.242 e. The van der Waals surface area contributed by atoms with Gasteiger partial charge in [0, 0.05) is 17.6 Å². The first-order valence-corrected chi connectivity index (χ1v) is 8.61. The maximum Gasteiger partial charge on any atom is 0.242 e. The lowest BCUT2D eigenvalue weighted by molar-refractivity contribution is 0.242. The van der Waals surface area contributed by atoms with Crippen molar-refractivity contribution in [3.63, 3.8) is 0 Å². The number of nitrogen functional groups attached to an aromatic ring is 1. The summed E-state index contributed by atoms with van der Waals surface area (Å²) in [5.41, 5.74) is 5.71. The molecule has 0 aliphatic carbocycles. The van der Waals surface area contributed by atoms with Crippen LogP contribution in [-0.2, 0) is 10.0 Å². The number of aliphatic hydroxyl groups excluding tert-OH is 1. The van der Waals surface area contributed by atoms with Gasteiger partial charge in [-0.15, -0.1) is 0 Å². The van der Waals surface area contributed by atoms with Gasteiger partial charge in [0.05, 0.1) is 5.69 Å². The zero-order chi connectivity index (χ0) is 15.4. The summed E-state index contributed by atoms with van der Waals surface area (Å²) < 4.78 is 27.8. The number of hydrogen-bond acceptors (Lipinski definition) is 4. The van der Waals surface area contributed by atoms with Crippen LogP contribution < -0.4 is 10.5 Å². The lowest BCUT2D eigenvalue weighted by atomic mass is 9.88. The van der Waals surface area contributed by atoms with Gasteiger partial charge in [0.25, 0.3) is 0 Å². The Morgan fingerprint density at radius 3 is 2.65 bits per heavy atom. The molecule has 0 unspecified atom stereocenters. The molecule has 0 fully saturated rings. The van der Waals surface area contributed by atoms with E-state index in [4.69, 9.17) is 10.8 Å². The fourth-order valence-corrected chi connectivity index (χ4v) is 3.66. The summed E-state index contributed by atoms with van der Waals surface area (Å²) in [6.07, 6.45) is 1.38. The fourth-order valence-electron chi connectivity index (χ4n) is 1.76. The molecule has 114 valence electrons. The number of anilines is 1. The zero-order valence-corrected chi connectivity index (χ0v) is 14.1. The largest absolute Gasteiger partial charge is 0.398 e. The van der Waals surface area contributed by atoms with Crippen LogP contribution in [0, 0.1) is 5.41 Å². The third kappa shape index (κ3) is 5.05. The molecule has 0 heterocycles. The number of aliphatic hydroxyl groups is 1. The molecule has 7 heteroatoms. The van der Waals surface area contributed by atoms with Crippen molar-refractivity contribution in [3.8, 4) is 0 Å². The van der Waals surface area contributed by atoms with Crippen molar-refractivity contribution in [2.45, 2.75) is 31.6 Å². The topological polar surface area (TPSA) is 92.4 Å². The van der Waals surface area contributed by atoms with Crippen molar-refractivity contribution in [2.24, 2.45) is 5.41 Å². The molecule has 0 amide bonds. The number of benzene rings is 1. The zero-order valence-electron chi connectivity index (χ0n) is 11.7. The van der Waals surface area contributed by atoms with E-state index in [9.17, 15) is 8.42 Å². The second kappa shape index (κ2) is 6.89. The Morgan fingerprint density at radius 1 is 1.40 bits per heavy atom. The maximum absolute atomic E-state index is 12.3. The summed E-state index contributed by atoms with van der Waals surface area (Å²) in [6.45, 7) is 4.31. The fraction of sp³-hybridized carbons (Fsp3) is 0.538. The number of hydrogen-bond donors (Lipinski definition) is 3. The van der Waals surface area contributed by atoms with Crippen LogP contribution >= 0.6 is 15.9 Å². The van der Waals surface area contributed by atoms with E-state index in [1.807, 2.05) is 13.8 Å². The molecule has 1 rings (SSSR count). The minimum atomic E-state index is -3.64. The molecule has 20 heavy (non-hydrogen) atoms. The van der Waals surface area contributed by atoms with Gasteiger partial charge in [-0.2, -0.15) is 0 Å². The summed E-state index contributed by atoms with van der Waals surface area (Å²) >= 11 is 3.24. The Bertz CT molecular complexity index is 559. The molecule has 1 aromatic rings. The molecule has 4 N–H and O–H groups in total. The van der Waals surface area contributed by atoms with E-state index in [1.165, 1.54) is 6.07 Å². The summed E-state index contributed by atoms with van der Waals surface area (Å²) in [6, 6.07) is 4.73. The molecule has 0 aliphatic rings. The molecular weight excluding hydrogens is 344 g/mol. The molecule has 0 saturated carbocycles. The lowest BCUT2D eigenvalue weighted by Gasteiger charge is -2.24. The average Bonchev–Trinajstić information content (AvgIpc) is 2.37. The Hall–Kier alpha value is -0.630. The summed E-state index contributed by atoms with van der Waals surface area (Å²) in [5, 5.41) is 8.84. The molecule has 0 saturated heterocycles. The highest BCUT2D eigenvalue weighted by atomic mass is 79.9. The van der Waals surface area contributed by atoms with Crippen LogP contribution in [0.5, 0.6) is 0 Å². The van der Waals surface area contributed by atoms with Crippen LogP contribution in [0.3, 0.4) is 0 Å². The highest BCUT2D eigenvalue weighted by Gasteiger charge is 2.23. The van der Waals surface area contributed by atoms with Gasteiger partial charge >= 0.3 is 0 Å². The predicted octanol–water partition coefficient (Wildman–Crippen LogP) is 2.11. The van der Waals surface area contributed by atoms with Crippen LogP contribution in [0.4, 0.5) is 5.69 Å². The van der Waals surface area contributed by atoms with Crippen LogP contribution in [0.1, 0.15) is 26.7 Å². The van der Waals surface area contributed by atoms with Crippen LogP contribution in [0.15, 0.2) is 27.6 Å². The number of rotatable bonds is 7. The van der Waals surface area contributed by atoms with Gasteiger partial charge in [-0.25, -0.2) is 13.1 Å². The molecule has 0 aromatic heterocycles. The van der Waals surface area contributed by atoms with Crippen LogP contribution in [0.2, 0.25) is 0 Å². The van der Waals surface area contributed by atoms with Crippen LogP contribution in [-0.4, -0.2) is 26.7 Å². The number of nitrogens with two attached hydrogens (primary N) is 1. The third-order valence-electron chi connectivity index (χ3n) is 3.02. The first-order valence-electron chi connectivity index (χ1n) is 6.33. The van der Waals surface area contributed by atoms with Crippen molar-refractivity contribution in [3.05, 3.63) is 22.7 Å². The van der Waals surface area contributed by atoms with E-state index < -0.39 is 10.0 Å². The van der Waals surface area contributed by atoms with Gasteiger partial charge in [-0.1, -0.05) is 29.8 Å². The first-order chi connectivity index (χ1) is 9.18. The molecular formula is C13H21BrN2O3S. The molecule has 0 aliphatic heterocycles. The Labute approximate surface area is 128 Å². The van der Waals surface area contributed by atoms with Gasteiger partial charge in [-0.3, -0.25) is 0 Å². The quantitative estimate of drug-likeness (QED) is 0.646.